The number of primary amides is 1. The Morgan fingerprint density at radius 2 is 1.87 bits per heavy atom. The van der Waals surface area contributed by atoms with Crippen LogP contribution in [0.1, 0.15) is 25.5 Å². The lowest BCUT2D eigenvalue weighted by molar-refractivity contribution is -0.710. The molecule has 0 unspecified atom stereocenters. The molecule has 15 heavy (non-hydrogen) atoms. The molecule has 0 aliphatic rings. The number of rotatable bonds is 4. The molecule has 1 rings (SSSR count). The topological polar surface area (TPSA) is 59.7 Å². The molecule has 0 aliphatic heterocycles. The van der Waals surface area contributed by atoms with E-state index in [1.165, 1.54) is 0 Å². The van der Waals surface area contributed by atoms with Crippen LogP contribution in [0.5, 0.6) is 0 Å². The van der Waals surface area contributed by atoms with E-state index in [1.54, 1.807) is 6.92 Å². The molecule has 4 heteroatoms. The van der Waals surface area contributed by atoms with E-state index in [1.807, 2.05) is 36.5 Å². The first-order chi connectivity index (χ1) is 7.00. The quantitative estimate of drug-likeness (QED) is 0.787. The molecule has 3 nitrogen and oxygen atoms in total. The van der Waals surface area contributed by atoms with Crippen LogP contribution in [-0.2, 0) is 4.79 Å². The monoisotopic (exact) mass is 227 g/mol. The normalized spacial score (nSPS) is 14.6. The van der Waals surface area contributed by atoms with Crippen molar-refractivity contribution < 1.29 is 10.1 Å². The second-order valence-electron chi connectivity index (χ2n) is 3.72. The van der Waals surface area contributed by atoms with Crippen LogP contribution in [0.2, 0.25) is 5.02 Å². The maximum Gasteiger partial charge on any atom is 0.275 e. The van der Waals surface area contributed by atoms with E-state index in [0.29, 0.717) is 5.02 Å². The van der Waals surface area contributed by atoms with E-state index < -0.39 is 0 Å². The molecule has 0 saturated heterocycles. The van der Waals surface area contributed by atoms with Gasteiger partial charge in [-0.25, -0.2) is 0 Å². The molecule has 82 valence electrons. The van der Waals surface area contributed by atoms with Crippen molar-refractivity contribution >= 4 is 17.5 Å². The molecule has 0 aliphatic carbocycles. The lowest BCUT2D eigenvalue weighted by Gasteiger charge is -2.14. The largest absolute Gasteiger partial charge is 0.365 e. The van der Waals surface area contributed by atoms with Crippen molar-refractivity contribution in [2.24, 2.45) is 5.73 Å². The average molecular weight is 228 g/mol. The number of amides is 1. The zero-order chi connectivity index (χ0) is 11.4. The molecule has 4 N–H and O–H groups in total. The Hall–Kier alpha value is -1.06. The molecule has 1 aromatic rings. The van der Waals surface area contributed by atoms with Gasteiger partial charge in [-0.1, -0.05) is 23.7 Å². The summed E-state index contributed by atoms with van der Waals surface area (Å²) in [5.74, 6) is -0.296. The maximum absolute atomic E-state index is 10.9. The van der Waals surface area contributed by atoms with Crippen molar-refractivity contribution in [2.75, 3.05) is 0 Å². The number of carbonyl (C=O) groups is 1. The Labute approximate surface area is 94.6 Å². The molecule has 0 heterocycles. The van der Waals surface area contributed by atoms with Gasteiger partial charge in [0, 0.05) is 10.6 Å². The van der Waals surface area contributed by atoms with E-state index in [9.17, 15) is 4.79 Å². The predicted molar refractivity (Wildman–Crippen MR) is 60.4 cm³/mol. The number of hydrogen-bond donors (Lipinski definition) is 2. The van der Waals surface area contributed by atoms with Gasteiger partial charge in [0.25, 0.3) is 5.91 Å². The highest BCUT2D eigenvalue weighted by Crippen LogP contribution is 2.13. The number of benzene rings is 1. The fourth-order valence-corrected chi connectivity index (χ4v) is 1.53. The van der Waals surface area contributed by atoms with Crippen molar-refractivity contribution in [3.05, 3.63) is 34.9 Å². The minimum absolute atomic E-state index is 0.199. The maximum atomic E-state index is 10.9. The molecule has 0 bridgehead atoms. The molecule has 1 aromatic carbocycles. The van der Waals surface area contributed by atoms with Gasteiger partial charge in [0.15, 0.2) is 6.04 Å². The molecular formula is C11H16ClN2O+. The number of carbonyl (C=O) groups excluding carboxylic acids is 1. The number of halogens is 1. The zero-order valence-electron chi connectivity index (χ0n) is 8.91. The van der Waals surface area contributed by atoms with Gasteiger partial charge in [0.2, 0.25) is 0 Å². The van der Waals surface area contributed by atoms with Gasteiger partial charge in [0.05, 0.1) is 0 Å². The van der Waals surface area contributed by atoms with E-state index in [4.69, 9.17) is 17.3 Å². The molecule has 2 atom stereocenters. The van der Waals surface area contributed by atoms with Crippen LogP contribution in [0, 0.1) is 0 Å². The fraction of sp³-hybridized carbons (Fsp3) is 0.364. The average Bonchev–Trinajstić information content (AvgIpc) is 2.18. The first kappa shape index (κ1) is 12.0. The summed E-state index contributed by atoms with van der Waals surface area (Å²) in [6, 6.07) is 7.58. The minimum atomic E-state index is -0.296. The van der Waals surface area contributed by atoms with Gasteiger partial charge in [-0.05, 0) is 26.0 Å². The summed E-state index contributed by atoms with van der Waals surface area (Å²) in [7, 11) is 0. The van der Waals surface area contributed by atoms with E-state index >= 15 is 0 Å². The third-order valence-corrected chi connectivity index (χ3v) is 2.67. The standard InChI is InChI=1S/C11H15ClN2O/c1-7(14-8(2)11(13)15)9-3-5-10(12)6-4-9/h3-8,14H,1-2H3,(H2,13,15)/p+1/t7-,8-/m0/s1. The summed E-state index contributed by atoms with van der Waals surface area (Å²) in [4.78, 5) is 10.9. The smallest absolute Gasteiger partial charge is 0.275 e. The van der Waals surface area contributed by atoms with Crippen LogP contribution in [0.4, 0.5) is 0 Å². The Balaban J connectivity index is 2.64. The van der Waals surface area contributed by atoms with Gasteiger partial charge in [-0.15, -0.1) is 0 Å². The van der Waals surface area contributed by atoms with Crippen molar-refractivity contribution in [2.45, 2.75) is 25.9 Å². The Morgan fingerprint density at radius 3 is 2.33 bits per heavy atom. The van der Waals surface area contributed by atoms with Crippen LogP contribution in [-0.4, -0.2) is 11.9 Å². The first-order valence-corrected chi connectivity index (χ1v) is 5.28. The van der Waals surface area contributed by atoms with Crippen molar-refractivity contribution in [1.29, 1.82) is 0 Å². The summed E-state index contributed by atoms with van der Waals surface area (Å²) < 4.78 is 0. The first-order valence-electron chi connectivity index (χ1n) is 4.90. The van der Waals surface area contributed by atoms with Gasteiger partial charge < -0.3 is 11.1 Å². The number of nitrogens with two attached hydrogens (primary N) is 2. The van der Waals surface area contributed by atoms with Gasteiger partial charge in [-0.3, -0.25) is 4.79 Å². The Bertz CT molecular complexity index is 337. The minimum Gasteiger partial charge on any atom is -0.365 e. The second-order valence-corrected chi connectivity index (χ2v) is 4.16. The van der Waals surface area contributed by atoms with Crippen molar-refractivity contribution in [1.82, 2.24) is 0 Å². The highest BCUT2D eigenvalue weighted by Gasteiger charge is 2.17. The Kier molecular flexibility index (Phi) is 4.12. The number of hydrogen-bond acceptors (Lipinski definition) is 1. The van der Waals surface area contributed by atoms with Crippen LogP contribution in [0.25, 0.3) is 0 Å². The molecule has 1 amide bonds. The SMILES string of the molecule is C[C@H]([NH2+][C@@H](C)c1ccc(Cl)cc1)C(N)=O. The van der Waals surface area contributed by atoms with E-state index in [-0.39, 0.29) is 18.0 Å². The summed E-state index contributed by atoms with van der Waals surface area (Å²) in [6.45, 7) is 3.83. The fourth-order valence-electron chi connectivity index (χ4n) is 1.41. The second kappa shape index (κ2) is 5.14. The van der Waals surface area contributed by atoms with Gasteiger partial charge >= 0.3 is 0 Å². The lowest BCUT2D eigenvalue weighted by Crippen LogP contribution is -2.92. The zero-order valence-corrected chi connectivity index (χ0v) is 9.66. The van der Waals surface area contributed by atoms with Crippen molar-refractivity contribution in [3.63, 3.8) is 0 Å². The highest BCUT2D eigenvalue weighted by molar-refractivity contribution is 6.30. The van der Waals surface area contributed by atoms with Crippen molar-refractivity contribution in [3.8, 4) is 0 Å². The molecule has 0 fully saturated rings. The summed E-state index contributed by atoms with van der Waals surface area (Å²) in [5.41, 5.74) is 6.33. The third-order valence-electron chi connectivity index (χ3n) is 2.42. The van der Waals surface area contributed by atoms with Crippen LogP contribution >= 0.6 is 11.6 Å². The molecular weight excluding hydrogens is 212 g/mol. The third kappa shape index (κ3) is 3.53. The number of quaternary nitrogens is 1. The predicted octanol–water partition coefficient (Wildman–Crippen LogP) is 0.838. The van der Waals surface area contributed by atoms with Gasteiger partial charge in [-0.2, -0.15) is 0 Å². The molecule has 0 spiro atoms. The highest BCUT2D eigenvalue weighted by atomic mass is 35.5. The molecule has 0 aromatic heterocycles. The Morgan fingerprint density at radius 1 is 1.33 bits per heavy atom. The van der Waals surface area contributed by atoms with Crippen LogP contribution in [0.3, 0.4) is 0 Å². The molecule has 0 radical (unpaired) electrons. The van der Waals surface area contributed by atoms with Crippen LogP contribution in [0.15, 0.2) is 24.3 Å². The molecule has 0 saturated carbocycles. The van der Waals surface area contributed by atoms with Gasteiger partial charge in [0.1, 0.15) is 6.04 Å². The summed E-state index contributed by atoms with van der Waals surface area (Å²) in [6.07, 6.45) is 0. The van der Waals surface area contributed by atoms with E-state index in [2.05, 4.69) is 0 Å². The summed E-state index contributed by atoms with van der Waals surface area (Å²) >= 11 is 5.79. The summed E-state index contributed by atoms with van der Waals surface area (Å²) in [5, 5.41) is 2.65. The van der Waals surface area contributed by atoms with E-state index in [0.717, 1.165) is 5.56 Å². The van der Waals surface area contributed by atoms with Crippen LogP contribution < -0.4 is 11.1 Å². The lowest BCUT2D eigenvalue weighted by atomic mass is 10.1.